The highest BCUT2D eigenvalue weighted by Gasteiger charge is 2.05. The Morgan fingerprint density at radius 3 is 2.52 bits per heavy atom. The molecule has 1 N–H and O–H groups in total. The molecule has 0 unspecified atom stereocenters. The lowest BCUT2D eigenvalue weighted by Crippen LogP contribution is -2.19. The second kappa shape index (κ2) is 8.28. The highest BCUT2D eigenvalue weighted by atomic mass is 32.2. The molecule has 1 aromatic heterocycles. The molecule has 0 radical (unpaired) electrons. The molecule has 0 atom stereocenters. The summed E-state index contributed by atoms with van der Waals surface area (Å²) < 4.78 is 5.07. The third-order valence-corrected chi connectivity index (χ3v) is 3.66. The summed E-state index contributed by atoms with van der Waals surface area (Å²) in [7, 11) is 1.61. The van der Waals surface area contributed by atoms with E-state index < -0.39 is 0 Å². The number of hydrazone groups is 1. The number of nitrogens with zero attached hydrogens (tertiary/aromatic N) is 3. The summed E-state index contributed by atoms with van der Waals surface area (Å²) in [6.45, 7) is 3.80. The van der Waals surface area contributed by atoms with E-state index in [0.717, 1.165) is 22.7 Å². The van der Waals surface area contributed by atoms with Crippen molar-refractivity contribution in [3.8, 4) is 5.75 Å². The van der Waals surface area contributed by atoms with Gasteiger partial charge < -0.3 is 4.74 Å². The fourth-order valence-electron chi connectivity index (χ4n) is 1.79. The number of methoxy groups -OCH3 is 1. The van der Waals surface area contributed by atoms with Gasteiger partial charge >= 0.3 is 0 Å². The van der Waals surface area contributed by atoms with Crippen LogP contribution < -0.4 is 10.2 Å². The van der Waals surface area contributed by atoms with E-state index in [0.29, 0.717) is 5.16 Å². The molecule has 2 rings (SSSR count). The topological polar surface area (TPSA) is 76.5 Å². The lowest BCUT2D eigenvalue weighted by molar-refractivity contribution is -0.118. The van der Waals surface area contributed by atoms with E-state index in [1.165, 1.54) is 11.8 Å². The van der Waals surface area contributed by atoms with Crippen LogP contribution in [0, 0.1) is 13.8 Å². The zero-order valence-corrected chi connectivity index (χ0v) is 14.1. The molecule has 0 spiro atoms. The van der Waals surface area contributed by atoms with Gasteiger partial charge in [0.25, 0.3) is 5.91 Å². The molecule has 23 heavy (non-hydrogen) atoms. The first-order valence-electron chi connectivity index (χ1n) is 6.98. The fraction of sp³-hybridized carbons (Fsp3) is 0.250. The van der Waals surface area contributed by atoms with Crippen LogP contribution in [-0.2, 0) is 4.79 Å². The summed E-state index contributed by atoms with van der Waals surface area (Å²) in [5.74, 6) is 0.779. The minimum absolute atomic E-state index is 0.206. The standard InChI is InChI=1S/C16H18N4O2S/c1-11-8-12(2)19-16(18-11)23-10-15(21)20-17-9-13-4-6-14(22-3)7-5-13/h4-9H,10H2,1-3H3,(H,20,21)/b17-9+. The van der Waals surface area contributed by atoms with Crippen molar-refractivity contribution in [3.63, 3.8) is 0 Å². The Bertz CT molecular complexity index is 681. The Morgan fingerprint density at radius 2 is 1.91 bits per heavy atom. The number of rotatable bonds is 6. The normalized spacial score (nSPS) is 10.7. The number of hydrogen-bond acceptors (Lipinski definition) is 6. The fourth-order valence-corrected chi connectivity index (χ4v) is 2.53. The van der Waals surface area contributed by atoms with E-state index in [9.17, 15) is 4.79 Å². The number of carbonyl (C=O) groups excluding carboxylic acids is 1. The molecule has 1 aromatic carbocycles. The Labute approximate surface area is 139 Å². The van der Waals surface area contributed by atoms with Crippen LogP contribution in [0.15, 0.2) is 40.6 Å². The van der Waals surface area contributed by atoms with E-state index in [1.807, 2.05) is 44.2 Å². The first-order valence-corrected chi connectivity index (χ1v) is 7.96. The van der Waals surface area contributed by atoms with Gasteiger partial charge in [0, 0.05) is 11.4 Å². The third-order valence-electron chi connectivity index (χ3n) is 2.81. The maximum absolute atomic E-state index is 11.8. The summed E-state index contributed by atoms with van der Waals surface area (Å²) in [4.78, 5) is 20.3. The van der Waals surface area contributed by atoms with Crippen molar-refractivity contribution in [2.75, 3.05) is 12.9 Å². The molecular weight excluding hydrogens is 312 g/mol. The van der Waals surface area contributed by atoms with Crippen molar-refractivity contribution in [1.29, 1.82) is 0 Å². The minimum atomic E-state index is -0.206. The summed E-state index contributed by atoms with van der Waals surface area (Å²) in [5, 5.41) is 4.52. The van der Waals surface area contributed by atoms with Gasteiger partial charge in [0.15, 0.2) is 5.16 Å². The molecule has 0 fully saturated rings. The predicted molar refractivity (Wildman–Crippen MR) is 91.0 cm³/mol. The number of carbonyl (C=O) groups is 1. The van der Waals surface area contributed by atoms with Crippen LogP contribution in [0.2, 0.25) is 0 Å². The molecule has 0 saturated heterocycles. The Hall–Kier alpha value is -2.41. The van der Waals surface area contributed by atoms with Gasteiger partial charge in [-0.15, -0.1) is 0 Å². The van der Waals surface area contributed by atoms with Crippen molar-refractivity contribution in [2.45, 2.75) is 19.0 Å². The van der Waals surface area contributed by atoms with E-state index in [4.69, 9.17) is 4.74 Å². The molecule has 7 heteroatoms. The first-order chi connectivity index (χ1) is 11.1. The van der Waals surface area contributed by atoms with E-state index in [-0.39, 0.29) is 11.7 Å². The molecule has 0 aliphatic rings. The molecule has 1 amide bonds. The molecule has 0 saturated carbocycles. The highest BCUT2D eigenvalue weighted by molar-refractivity contribution is 7.99. The van der Waals surface area contributed by atoms with Crippen LogP contribution in [0.3, 0.4) is 0 Å². The Balaban J connectivity index is 1.81. The zero-order chi connectivity index (χ0) is 16.7. The van der Waals surface area contributed by atoms with Gasteiger partial charge in [-0.1, -0.05) is 11.8 Å². The second-order valence-electron chi connectivity index (χ2n) is 4.79. The van der Waals surface area contributed by atoms with Crippen LogP contribution in [0.25, 0.3) is 0 Å². The Kier molecular flexibility index (Phi) is 6.10. The largest absolute Gasteiger partial charge is 0.497 e. The van der Waals surface area contributed by atoms with Crippen molar-refractivity contribution < 1.29 is 9.53 Å². The van der Waals surface area contributed by atoms with Crippen molar-refractivity contribution in [3.05, 3.63) is 47.3 Å². The average molecular weight is 330 g/mol. The number of aryl methyl sites for hydroxylation is 2. The van der Waals surface area contributed by atoms with Gasteiger partial charge in [0.05, 0.1) is 19.1 Å². The Morgan fingerprint density at radius 1 is 1.26 bits per heavy atom. The van der Waals surface area contributed by atoms with Crippen molar-refractivity contribution in [2.24, 2.45) is 5.10 Å². The number of thioether (sulfide) groups is 1. The molecule has 0 aliphatic heterocycles. The number of ether oxygens (including phenoxy) is 1. The lowest BCUT2D eigenvalue weighted by atomic mass is 10.2. The average Bonchev–Trinajstić information content (AvgIpc) is 2.53. The molecular formula is C16H18N4O2S. The van der Waals surface area contributed by atoms with Gasteiger partial charge in [0.1, 0.15) is 5.75 Å². The third kappa shape index (κ3) is 5.71. The monoisotopic (exact) mass is 330 g/mol. The van der Waals surface area contributed by atoms with Crippen molar-refractivity contribution in [1.82, 2.24) is 15.4 Å². The number of hydrogen-bond donors (Lipinski definition) is 1. The SMILES string of the molecule is COc1ccc(/C=N/NC(=O)CSc2nc(C)cc(C)n2)cc1. The van der Waals surface area contributed by atoms with Crippen LogP contribution >= 0.6 is 11.8 Å². The van der Waals surface area contributed by atoms with Crippen LogP contribution in [-0.4, -0.2) is 35.0 Å². The summed E-state index contributed by atoms with van der Waals surface area (Å²) >= 11 is 1.28. The predicted octanol–water partition coefficient (Wildman–Crippen LogP) is 2.34. The smallest absolute Gasteiger partial charge is 0.250 e. The molecule has 6 nitrogen and oxygen atoms in total. The maximum Gasteiger partial charge on any atom is 0.250 e. The quantitative estimate of drug-likeness (QED) is 0.381. The summed E-state index contributed by atoms with van der Waals surface area (Å²) in [6.07, 6.45) is 1.58. The van der Waals surface area contributed by atoms with Crippen LogP contribution in [0.4, 0.5) is 0 Å². The summed E-state index contributed by atoms with van der Waals surface area (Å²) in [5.41, 5.74) is 5.13. The number of benzene rings is 1. The number of aromatic nitrogens is 2. The van der Waals surface area contributed by atoms with Crippen LogP contribution in [0.5, 0.6) is 5.75 Å². The van der Waals surface area contributed by atoms with E-state index >= 15 is 0 Å². The lowest BCUT2D eigenvalue weighted by Gasteiger charge is -2.02. The highest BCUT2D eigenvalue weighted by Crippen LogP contribution is 2.13. The van der Waals surface area contributed by atoms with Gasteiger partial charge in [-0.05, 0) is 49.7 Å². The first kappa shape index (κ1) is 17.0. The minimum Gasteiger partial charge on any atom is -0.497 e. The number of amides is 1. The van der Waals surface area contributed by atoms with E-state index in [2.05, 4.69) is 20.5 Å². The summed E-state index contributed by atoms with van der Waals surface area (Å²) in [6, 6.07) is 9.26. The van der Waals surface area contributed by atoms with Gasteiger partial charge in [-0.2, -0.15) is 5.10 Å². The molecule has 2 aromatic rings. The van der Waals surface area contributed by atoms with Crippen LogP contribution in [0.1, 0.15) is 17.0 Å². The number of nitrogens with one attached hydrogen (secondary N) is 1. The molecule has 1 heterocycles. The second-order valence-corrected chi connectivity index (χ2v) is 5.73. The van der Waals surface area contributed by atoms with Gasteiger partial charge in [-0.3, -0.25) is 4.79 Å². The molecule has 120 valence electrons. The molecule has 0 bridgehead atoms. The zero-order valence-electron chi connectivity index (χ0n) is 13.2. The van der Waals surface area contributed by atoms with Crippen molar-refractivity contribution >= 4 is 23.9 Å². The molecule has 0 aliphatic carbocycles. The van der Waals surface area contributed by atoms with Gasteiger partial charge in [0.2, 0.25) is 0 Å². The van der Waals surface area contributed by atoms with E-state index in [1.54, 1.807) is 13.3 Å². The maximum atomic E-state index is 11.8. The van der Waals surface area contributed by atoms with Gasteiger partial charge in [-0.25, -0.2) is 15.4 Å².